The molecule has 0 radical (unpaired) electrons. The van der Waals surface area contributed by atoms with Crippen LogP contribution in [0.2, 0.25) is 0 Å². The van der Waals surface area contributed by atoms with Crippen molar-refractivity contribution in [1.29, 1.82) is 0 Å². The van der Waals surface area contributed by atoms with Crippen LogP contribution < -0.4 is 0 Å². The van der Waals surface area contributed by atoms with Gasteiger partial charge in [-0.3, -0.25) is 9.59 Å². The first-order chi connectivity index (χ1) is 12.0. The second-order valence-electron chi connectivity index (χ2n) is 7.25. The molecule has 0 saturated heterocycles. The van der Waals surface area contributed by atoms with Crippen LogP contribution in [0.3, 0.4) is 0 Å². The number of ketones is 2. The maximum absolute atomic E-state index is 13.3. The van der Waals surface area contributed by atoms with Crippen molar-refractivity contribution in [2.24, 2.45) is 5.92 Å². The van der Waals surface area contributed by atoms with Gasteiger partial charge in [-0.15, -0.1) is 0 Å². The van der Waals surface area contributed by atoms with Crippen LogP contribution in [0.5, 0.6) is 0 Å². The van der Waals surface area contributed by atoms with Crippen molar-refractivity contribution < 1.29 is 9.59 Å². The van der Waals surface area contributed by atoms with Gasteiger partial charge in [-0.1, -0.05) is 49.6 Å². The molecule has 0 bridgehead atoms. The maximum atomic E-state index is 13.3. The van der Waals surface area contributed by atoms with Crippen molar-refractivity contribution in [3.63, 3.8) is 0 Å². The molecule has 1 fully saturated rings. The molecular formula is C22H27NO2. The standard InChI is InChI=1S/C22H27NO2/c1-15-19(16(2)24)14-20(22(25)18-12-8-5-9-13-18)21(23(15)3)17-10-6-4-7-11-17/h4,6-7,10-11,18H,5,8-9,12-14H2,1-3H3. The minimum atomic E-state index is 0.0606. The van der Waals surface area contributed by atoms with Crippen molar-refractivity contribution in [3.8, 4) is 0 Å². The summed E-state index contributed by atoms with van der Waals surface area (Å²) in [7, 11) is 1.97. The summed E-state index contributed by atoms with van der Waals surface area (Å²) in [6.07, 6.45) is 5.92. The third kappa shape index (κ3) is 3.46. The quantitative estimate of drug-likeness (QED) is 0.796. The SMILES string of the molecule is CC(=O)C1=C(C)N(C)C(c2ccccc2)=C(C(=O)C2CCCCC2)C1. The molecule has 3 heteroatoms. The lowest BCUT2D eigenvalue weighted by molar-refractivity contribution is -0.120. The average molecular weight is 337 g/mol. The highest BCUT2D eigenvalue weighted by molar-refractivity contribution is 6.07. The van der Waals surface area contributed by atoms with Gasteiger partial charge in [0.1, 0.15) is 0 Å². The summed E-state index contributed by atoms with van der Waals surface area (Å²) in [4.78, 5) is 27.5. The molecule has 2 aliphatic rings. The summed E-state index contributed by atoms with van der Waals surface area (Å²) in [6, 6.07) is 10.1. The van der Waals surface area contributed by atoms with Gasteiger partial charge in [-0.2, -0.15) is 0 Å². The fraction of sp³-hybridized carbons (Fsp3) is 0.455. The highest BCUT2D eigenvalue weighted by Crippen LogP contribution is 2.38. The molecule has 3 nitrogen and oxygen atoms in total. The zero-order chi connectivity index (χ0) is 18.0. The van der Waals surface area contributed by atoms with Gasteiger partial charge in [0.15, 0.2) is 11.6 Å². The first-order valence-corrected chi connectivity index (χ1v) is 9.28. The van der Waals surface area contributed by atoms with Crippen LogP contribution in [-0.2, 0) is 9.59 Å². The molecule has 0 N–H and O–H groups in total. The molecule has 1 aromatic rings. The summed E-state index contributed by atoms with van der Waals surface area (Å²) in [5.41, 5.74) is 4.55. The van der Waals surface area contributed by atoms with E-state index in [1.54, 1.807) is 6.92 Å². The number of Topliss-reactive ketones (excluding diaryl/α,β-unsaturated/α-hetero) is 2. The first-order valence-electron chi connectivity index (χ1n) is 9.28. The maximum Gasteiger partial charge on any atom is 0.164 e. The molecule has 0 spiro atoms. The largest absolute Gasteiger partial charge is 0.347 e. The van der Waals surface area contributed by atoms with Crippen molar-refractivity contribution >= 4 is 17.3 Å². The molecule has 0 aromatic heterocycles. The Hall–Kier alpha value is -2.16. The Balaban J connectivity index is 2.07. The number of hydrogen-bond acceptors (Lipinski definition) is 3. The topological polar surface area (TPSA) is 37.4 Å². The van der Waals surface area contributed by atoms with E-state index in [4.69, 9.17) is 0 Å². The van der Waals surface area contributed by atoms with E-state index in [1.807, 2.05) is 49.2 Å². The summed E-state index contributed by atoms with van der Waals surface area (Å²) in [5.74, 6) is 0.421. The first kappa shape index (κ1) is 17.7. The molecule has 3 rings (SSSR count). The Labute approximate surface area is 150 Å². The highest BCUT2D eigenvalue weighted by atomic mass is 16.1. The van der Waals surface area contributed by atoms with Crippen LogP contribution in [0.1, 0.15) is 57.9 Å². The van der Waals surface area contributed by atoms with Gasteiger partial charge >= 0.3 is 0 Å². The molecular weight excluding hydrogens is 310 g/mol. The lowest BCUT2D eigenvalue weighted by Crippen LogP contribution is -2.30. The van der Waals surface area contributed by atoms with E-state index in [2.05, 4.69) is 0 Å². The predicted octanol–water partition coefficient (Wildman–Crippen LogP) is 4.75. The lowest BCUT2D eigenvalue weighted by Gasteiger charge is -2.34. The summed E-state index contributed by atoms with van der Waals surface area (Å²) in [5, 5.41) is 0. The van der Waals surface area contributed by atoms with Gasteiger partial charge in [0.25, 0.3) is 0 Å². The zero-order valence-corrected chi connectivity index (χ0v) is 15.5. The molecule has 0 unspecified atom stereocenters. The summed E-state index contributed by atoms with van der Waals surface area (Å²) in [6.45, 7) is 3.57. The molecule has 0 amide bonds. The summed E-state index contributed by atoms with van der Waals surface area (Å²) >= 11 is 0. The Morgan fingerprint density at radius 1 is 1.00 bits per heavy atom. The second kappa shape index (κ2) is 7.38. The van der Waals surface area contributed by atoms with E-state index in [0.717, 1.165) is 53.8 Å². The minimum Gasteiger partial charge on any atom is -0.347 e. The number of carbonyl (C=O) groups excluding carboxylic acids is 2. The van der Waals surface area contributed by atoms with E-state index in [-0.39, 0.29) is 17.5 Å². The van der Waals surface area contributed by atoms with Gasteiger partial charge in [-0.25, -0.2) is 0 Å². The normalized spacial score (nSPS) is 19.4. The predicted molar refractivity (Wildman–Crippen MR) is 101 cm³/mol. The van der Waals surface area contributed by atoms with Gasteiger partial charge in [0, 0.05) is 36.2 Å². The lowest BCUT2D eigenvalue weighted by atomic mass is 9.79. The molecule has 1 saturated carbocycles. The minimum absolute atomic E-state index is 0.0606. The number of hydrogen-bond donors (Lipinski definition) is 0. The molecule has 1 aliphatic carbocycles. The van der Waals surface area contributed by atoms with E-state index in [0.29, 0.717) is 6.42 Å². The number of rotatable bonds is 4. The monoisotopic (exact) mass is 337 g/mol. The third-order valence-corrected chi connectivity index (χ3v) is 5.66. The van der Waals surface area contributed by atoms with Crippen molar-refractivity contribution in [1.82, 2.24) is 4.90 Å². The highest BCUT2D eigenvalue weighted by Gasteiger charge is 2.33. The van der Waals surface area contributed by atoms with E-state index < -0.39 is 0 Å². The molecule has 1 aliphatic heterocycles. The Bertz CT molecular complexity index is 737. The number of allylic oxidation sites excluding steroid dienone is 3. The number of nitrogens with zero attached hydrogens (tertiary/aromatic N) is 1. The van der Waals surface area contributed by atoms with Crippen molar-refractivity contribution in [3.05, 3.63) is 52.7 Å². The van der Waals surface area contributed by atoms with Crippen LogP contribution in [0.25, 0.3) is 5.70 Å². The van der Waals surface area contributed by atoms with E-state index in [1.165, 1.54) is 6.42 Å². The third-order valence-electron chi connectivity index (χ3n) is 5.66. The van der Waals surface area contributed by atoms with Gasteiger partial charge in [0.05, 0.1) is 5.70 Å². The van der Waals surface area contributed by atoms with Crippen LogP contribution in [-0.4, -0.2) is 23.5 Å². The fourth-order valence-corrected chi connectivity index (χ4v) is 4.12. The average Bonchev–Trinajstić information content (AvgIpc) is 2.64. The van der Waals surface area contributed by atoms with Crippen LogP contribution >= 0.6 is 0 Å². The molecule has 1 heterocycles. The smallest absolute Gasteiger partial charge is 0.164 e. The fourth-order valence-electron chi connectivity index (χ4n) is 4.12. The Morgan fingerprint density at radius 2 is 1.64 bits per heavy atom. The molecule has 1 aromatic carbocycles. The molecule has 0 atom stereocenters. The second-order valence-corrected chi connectivity index (χ2v) is 7.25. The zero-order valence-electron chi connectivity index (χ0n) is 15.5. The van der Waals surface area contributed by atoms with E-state index >= 15 is 0 Å². The summed E-state index contributed by atoms with van der Waals surface area (Å²) < 4.78 is 0. The van der Waals surface area contributed by atoms with Crippen LogP contribution in [0, 0.1) is 5.92 Å². The van der Waals surface area contributed by atoms with Gasteiger partial charge < -0.3 is 4.90 Å². The van der Waals surface area contributed by atoms with Gasteiger partial charge in [-0.05, 0) is 32.3 Å². The number of carbonyl (C=O) groups is 2. The molecule has 132 valence electrons. The number of benzene rings is 1. The van der Waals surface area contributed by atoms with Crippen molar-refractivity contribution in [2.75, 3.05) is 7.05 Å². The van der Waals surface area contributed by atoms with Gasteiger partial charge in [0.2, 0.25) is 0 Å². The molecule has 25 heavy (non-hydrogen) atoms. The Morgan fingerprint density at radius 3 is 2.24 bits per heavy atom. The Kier molecular flexibility index (Phi) is 5.22. The van der Waals surface area contributed by atoms with Crippen LogP contribution in [0.4, 0.5) is 0 Å². The van der Waals surface area contributed by atoms with E-state index in [9.17, 15) is 9.59 Å². The van der Waals surface area contributed by atoms with Crippen molar-refractivity contribution in [2.45, 2.75) is 52.4 Å². The van der Waals surface area contributed by atoms with Crippen LogP contribution in [0.15, 0.2) is 47.2 Å².